The molecule has 0 aromatic heterocycles. The Morgan fingerprint density at radius 2 is 1.82 bits per heavy atom. The first-order chi connectivity index (χ1) is 4.92. The van der Waals surface area contributed by atoms with Crippen LogP contribution in [0, 0.1) is 0 Å². The van der Waals surface area contributed by atoms with Crippen LogP contribution in [0.4, 0.5) is 0 Å². The second-order valence-electron chi connectivity index (χ2n) is 3.75. The maximum atomic E-state index is 6.02. The highest BCUT2D eigenvalue weighted by atomic mass is 35.5. The largest absolute Gasteiger partial charge is 0.123 e. The van der Waals surface area contributed by atoms with Crippen LogP contribution in [0.3, 0.4) is 0 Å². The number of rotatable bonds is 5. The van der Waals surface area contributed by atoms with Gasteiger partial charge in [-0.2, -0.15) is 0 Å². The third-order valence-corrected chi connectivity index (χ3v) is 2.03. The van der Waals surface area contributed by atoms with Gasteiger partial charge in [0.1, 0.15) is 0 Å². The molecule has 0 aliphatic heterocycles. The molecule has 2 heteroatoms. The minimum absolute atomic E-state index is 0.0322. The normalized spacial score (nSPS) is 15.0. The van der Waals surface area contributed by atoms with E-state index in [1.54, 1.807) is 0 Å². The lowest BCUT2D eigenvalue weighted by molar-refractivity contribution is 0.553. The average molecular weight is 197 g/mol. The topological polar surface area (TPSA) is 0 Å². The van der Waals surface area contributed by atoms with Crippen molar-refractivity contribution in [1.82, 2.24) is 0 Å². The molecule has 0 fully saturated rings. The fourth-order valence-electron chi connectivity index (χ4n) is 0.971. The first kappa shape index (κ1) is 11.6. The third-order valence-electron chi connectivity index (χ3n) is 1.62. The van der Waals surface area contributed by atoms with Gasteiger partial charge >= 0.3 is 0 Å². The van der Waals surface area contributed by atoms with Gasteiger partial charge in [-0.15, -0.1) is 23.2 Å². The SMILES string of the molecule is CC(Cl)CCCCC(C)(C)Cl. The molecule has 0 heterocycles. The van der Waals surface area contributed by atoms with Crippen LogP contribution in [0.2, 0.25) is 0 Å². The number of hydrogen-bond acceptors (Lipinski definition) is 0. The summed E-state index contributed by atoms with van der Waals surface area (Å²) in [5.41, 5.74) is 0. The van der Waals surface area contributed by atoms with Crippen molar-refractivity contribution in [3.63, 3.8) is 0 Å². The Balaban J connectivity index is 3.15. The summed E-state index contributed by atoms with van der Waals surface area (Å²) in [6, 6.07) is 0. The molecule has 0 aromatic rings. The van der Waals surface area contributed by atoms with E-state index < -0.39 is 0 Å². The van der Waals surface area contributed by atoms with Gasteiger partial charge in [0.15, 0.2) is 0 Å². The fourth-order valence-corrected chi connectivity index (χ4v) is 1.26. The van der Waals surface area contributed by atoms with Gasteiger partial charge < -0.3 is 0 Å². The minimum atomic E-state index is -0.0322. The molecule has 0 amide bonds. The standard InChI is InChI=1S/C9H18Cl2/c1-8(10)6-4-5-7-9(2,3)11/h8H,4-7H2,1-3H3. The molecule has 0 radical (unpaired) electrons. The molecule has 1 unspecified atom stereocenters. The van der Waals surface area contributed by atoms with Gasteiger partial charge in [-0.05, 0) is 33.6 Å². The summed E-state index contributed by atoms with van der Waals surface area (Å²) in [5.74, 6) is 0. The Morgan fingerprint density at radius 1 is 1.27 bits per heavy atom. The summed E-state index contributed by atoms with van der Waals surface area (Å²) < 4.78 is 0. The molecule has 0 bridgehead atoms. The minimum Gasteiger partial charge on any atom is -0.123 e. The van der Waals surface area contributed by atoms with Crippen LogP contribution in [0.15, 0.2) is 0 Å². The zero-order valence-corrected chi connectivity index (χ0v) is 9.17. The van der Waals surface area contributed by atoms with E-state index >= 15 is 0 Å². The van der Waals surface area contributed by atoms with Crippen molar-refractivity contribution in [3.05, 3.63) is 0 Å². The molecule has 68 valence electrons. The van der Waals surface area contributed by atoms with Gasteiger partial charge in [-0.1, -0.05) is 12.8 Å². The van der Waals surface area contributed by atoms with Crippen LogP contribution in [0.5, 0.6) is 0 Å². The molecule has 0 aliphatic rings. The highest BCUT2D eigenvalue weighted by molar-refractivity contribution is 6.23. The Labute approximate surface area is 80.3 Å². The van der Waals surface area contributed by atoms with Gasteiger partial charge in [0.25, 0.3) is 0 Å². The summed E-state index contributed by atoms with van der Waals surface area (Å²) in [5, 5.41) is 0.313. The molecule has 0 spiro atoms. The van der Waals surface area contributed by atoms with E-state index in [1.807, 2.05) is 6.92 Å². The molecule has 0 saturated carbocycles. The summed E-state index contributed by atoms with van der Waals surface area (Å²) >= 11 is 11.8. The van der Waals surface area contributed by atoms with E-state index in [9.17, 15) is 0 Å². The Morgan fingerprint density at radius 3 is 2.18 bits per heavy atom. The molecular formula is C9H18Cl2. The van der Waals surface area contributed by atoms with E-state index in [0.29, 0.717) is 5.38 Å². The molecule has 0 nitrogen and oxygen atoms in total. The molecule has 0 aliphatic carbocycles. The summed E-state index contributed by atoms with van der Waals surface area (Å²) in [7, 11) is 0. The first-order valence-electron chi connectivity index (χ1n) is 4.25. The lowest BCUT2D eigenvalue weighted by Gasteiger charge is -2.14. The van der Waals surface area contributed by atoms with Gasteiger partial charge in [0.05, 0.1) is 0 Å². The van der Waals surface area contributed by atoms with Crippen LogP contribution in [-0.2, 0) is 0 Å². The third kappa shape index (κ3) is 10.6. The van der Waals surface area contributed by atoms with E-state index in [0.717, 1.165) is 12.8 Å². The maximum Gasteiger partial charge on any atom is 0.0390 e. The lowest BCUT2D eigenvalue weighted by Crippen LogP contribution is -2.09. The smallest absolute Gasteiger partial charge is 0.0390 e. The second-order valence-corrected chi connectivity index (χ2v) is 5.51. The highest BCUT2D eigenvalue weighted by Crippen LogP contribution is 2.21. The zero-order chi connectivity index (χ0) is 8.91. The molecule has 0 rings (SSSR count). The van der Waals surface area contributed by atoms with E-state index in [1.165, 1.54) is 12.8 Å². The van der Waals surface area contributed by atoms with Crippen molar-refractivity contribution in [2.75, 3.05) is 0 Å². The van der Waals surface area contributed by atoms with Crippen LogP contribution in [0.1, 0.15) is 46.5 Å². The highest BCUT2D eigenvalue weighted by Gasteiger charge is 2.11. The van der Waals surface area contributed by atoms with Gasteiger partial charge in [0.2, 0.25) is 0 Å². The van der Waals surface area contributed by atoms with Crippen molar-refractivity contribution in [1.29, 1.82) is 0 Å². The maximum absolute atomic E-state index is 6.02. The quantitative estimate of drug-likeness (QED) is 0.457. The second kappa shape index (κ2) is 5.27. The molecule has 11 heavy (non-hydrogen) atoms. The van der Waals surface area contributed by atoms with Crippen molar-refractivity contribution >= 4 is 23.2 Å². The van der Waals surface area contributed by atoms with Crippen molar-refractivity contribution in [2.24, 2.45) is 0 Å². The average Bonchev–Trinajstić information content (AvgIpc) is 1.78. The van der Waals surface area contributed by atoms with E-state index in [4.69, 9.17) is 23.2 Å². The van der Waals surface area contributed by atoms with E-state index in [2.05, 4.69) is 13.8 Å². The molecule has 1 atom stereocenters. The monoisotopic (exact) mass is 196 g/mol. The predicted octanol–water partition coefficient (Wildman–Crippen LogP) is 4.19. The van der Waals surface area contributed by atoms with Gasteiger partial charge in [-0.25, -0.2) is 0 Å². The predicted molar refractivity (Wildman–Crippen MR) is 53.7 cm³/mol. The molecule has 0 aromatic carbocycles. The first-order valence-corrected chi connectivity index (χ1v) is 5.06. The van der Waals surface area contributed by atoms with Gasteiger partial charge in [-0.3, -0.25) is 0 Å². The fraction of sp³-hybridized carbons (Fsp3) is 1.00. The number of alkyl halides is 2. The van der Waals surface area contributed by atoms with Gasteiger partial charge in [0, 0.05) is 10.3 Å². The number of hydrogen-bond donors (Lipinski definition) is 0. The number of halogens is 2. The van der Waals surface area contributed by atoms with Crippen molar-refractivity contribution < 1.29 is 0 Å². The van der Waals surface area contributed by atoms with E-state index in [-0.39, 0.29) is 4.87 Å². The van der Waals surface area contributed by atoms with Crippen LogP contribution >= 0.6 is 23.2 Å². The summed E-state index contributed by atoms with van der Waals surface area (Å²) in [6.45, 7) is 6.14. The zero-order valence-electron chi connectivity index (χ0n) is 7.66. The number of unbranched alkanes of at least 4 members (excludes halogenated alkanes) is 1. The Hall–Kier alpha value is 0.580. The summed E-state index contributed by atoms with van der Waals surface area (Å²) in [4.78, 5) is -0.0322. The van der Waals surface area contributed by atoms with Crippen LogP contribution in [0.25, 0.3) is 0 Å². The van der Waals surface area contributed by atoms with Crippen molar-refractivity contribution in [3.8, 4) is 0 Å². The van der Waals surface area contributed by atoms with Crippen molar-refractivity contribution in [2.45, 2.75) is 56.7 Å². The van der Waals surface area contributed by atoms with Crippen LogP contribution < -0.4 is 0 Å². The molecule has 0 saturated heterocycles. The Kier molecular flexibility index (Phi) is 5.54. The molecule has 0 N–H and O–H groups in total. The lowest BCUT2D eigenvalue weighted by atomic mass is 10.0. The molecular weight excluding hydrogens is 179 g/mol. The summed E-state index contributed by atoms with van der Waals surface area (Å²) in [6.07, 6.45) is 4.57. The van der Waals surface area contributed by atoms with Crippen LogP contribution in [-0.4, -0.2) is 10.3 Å². The Bertz CT molecular complexity index is 92.2.